The van der Waals surface area contributed by atoms with Crippen molar-refractivity contribution in [2.75, 3.05) is 0 Å². The molecule has 3 rings (SSSR count). The summed E-state index contributed by atoms with van der Waals surface area (Å²) in [7, 11) is 0. The summed E-state index contributed by atoms with van der Waals surface area (Å²) < 4.78 is 1.74. The summed E-state index contributed by atoms with van der Waals surface area (Å²) in [5, 5.41) is 17.1. The fraction of sp³-hybridized carbons (Fsp3) is 0.0625. The van der Waals surface area contributed by atoms with Crippen LogP contribution in [-0.4, -0.2) is 25.5 Å². The van der Waals surface area contributed by atoms with Gasteiger partial charge in [-0.05, 0) is 31.2 Å². The number of hydrogen-bond acceptors (Lipinski definition) is 5. The topological polar surface area (TPSA) is 80.0 Å². The van der Waals surface area contributed by atoms with Gasteiger partial charge in [0.2, 0.25) is 0 Å². The lowest BCUT2D eigenvalue weighted by molar-refractivity contribution is 0.0706. The van der Waals surface area contributed by atoms with Crippen LogP contribution in [0.15, 0.2) is 59.5 Å². The Morgan fingerprint density at radius 2 is 1.96 bits per heavy atom. The molecule has 0 bridgehead atoms. The molecule has 0 aliphatic rings. The molecule has 0 fully saturated rings. The van der Waals surface area contributed by atoms with E-state index >= 15 is 0 Å². The van der Waals surface area contributed by atoms with Crippen LogP contribution in [0.25, 0.3) is 11.3 Å². The number of carbonyl (C=O) groups excluding carboxylic acids is 1. The van der Waals surface area contributed by atoms with Crippen molar-refractivity contribution < 1.29 is 10.0 Å². The molecule has 0 saturated heterocycles. The molecule has 1 aromatic heterocycles. The van der Waals surface area contributed by atoms with Crippen LogP contribution >= 0.6 is 11.9 Å². The summed E-state index contributed by atoms with van der Waals surface area (Å²) in [6, 6.07) is 16.8. The molecule has 2 N–H and O–H groups in total. The molecule has 116 valence electrons. The predicted octanol–water partition coefficient (Wildman–Crippen LogP) is 2.93. The highest BCUT2D eigenvalue weighted by atomic mass is 32.2. The summed E-state index contributed by atoms with van der Waals surface area (Å²) in [6.45, 7) is 1.92. The van der Waals surface area contributed by atoms with E-state index in [9.17, 15) is 4.79 Å². The molecule has 0 saturated carbocycles. The van der Waals surface area contributed by atoms with Gasteiger partial charge in [-0.1, -0.05) is 35.5 Å². The van der Waals surface area contributed by atoms with Crippen molar-refractivity contribution in [1.29, 1.82) is 0 Å². The molecule has 2 aromatic carbocycles. The van der Waals surface area contributed by atoms with Crippen LogP contribution < -0.4 is 5.48 Å². The lowest BCUT2D eigenvalue weighted by Gasteiger charge is -2.04. The van der Waals surface area contributed by atoms with E-state index in [4.69, 9.17) is 5.21 Å². The average Bonchev–Trinajstić information content (AvgIpc) is 2.96. The lowest BCUT2D eigenvalue weighted by atomic mass is 10.1. The van der Waals surface area contributed by atoms with Gasteiger partial charge in [-0.15, -0.1) is 5.10 Å². The second-order valence-electron chi connectivity index (χ2n) is 4.82. The van der Waals surface area contributed by atoms with Crippen molar-refractivity contribution >= 4 is 17.9 Å². The maximum absolute atomic E-state index is 11.5. The maximum Gasteiger partial charge on any atom is 0.274 e. The molecule has 0 radical (unpaired) electrons. The average molecular weight is 326 g/mol. The fourth-order valence-corrected chi connectivity index (χ4v) is 2.90. The van der Waals surface area contributed by atoms with Crippen LogP contribution in [0.1, 0.15) is 16.1 Å². The van der Waals surface area contributed by atoms with Crippen molar-refractivity contribution in [3.8, 4) is 11.3 Å². The van der Waals surface area contributed by atoms with E-state index in [-0.39, 0.29) is 0 Å². The number of aromatic nitrogens is 3. The molecule has 23 heavy (non-hydrogen) atoms. The number of hydroxylamine groups is 1. The summed E-state index contributed by atoms with van der Waals surface area (Å²) in [4.78, 5) is 12.6. The number of carbonyl (C=O) groups is 1. The molecular weight excluding hydrogens is 312 g/mol. The molecule has 0 spiro atoms. The Labute approximate surface area is 137 Å². The number of benzene rings is 2. The molecule has 6 nitrogen and oxygen atoms in total. The lowest BCUT2D eigenvalue weighted by Crippen LogP contribution is -2.18. The number of nitrogens with one attached hydrogen (secondary N) is 1. The smallest absolute Gasteiger partial charge is 0.274 e. The SMILES string of the molecule is Cc1c(-c2cccc(C(=O)NO)c2)nnn1Sc1ccccc1. The first kappa shape index (κ1) is 15.3. The van der Waals surface area contributed by atoms with Crippen LogP contribution in [0.2, 0.25) is 0 Å². The Kier molecular flexibility index (Phi) is 4.40. The molecular formula is C16H14N4O2S. The first-order valence-corrected chi connectivity index (χ1v) is 7.67. The van der Waals surface area contributed by atoms with Gasteiger partial charge in [0.05, 0.1) is 5.69 Å². The number of rotatable bonds is 4. The molecule has 3 aromatic rings. The molecule has 0 atom stereocenters. The largest absolute Gasteiger partial charge is 0.288 e. The van der Waals surface area contributed by atoms with Crippen molar-refractivity contribution in [3.63, 3.8) is 0 Å². The van der Waals surface area contributed by atoms with Gasteiger partial charge in [0, 0.05) is 28.0 Å². The fourth-order valence-electron chi connectivity index (χ4n) is 2.12. The third-order valence-corrected chi connectivity index (χ3v) is 4.29. The third kappa shape index (κ3) is 3.25. The van der Waals surface area contributed by atoms with Gasteiger partial charge >= 0.3 is 0 Å². The Balaban J connectivity index is 1.91. The van der Waals surface area contributed by atoms with Crippen LogP contribution in [-0.2, 0) is 0 Å². The Hall–Kier alpha value is -2.64. The van der Waals surface area contributed by atoms with E-state index < -0.39 is 5.91 Å². The maximum atomic E-state index is 11.5. The predicted molar refractivity (Wildman–Crippen MR) is 87.1 cm³/mol. The van der Waals surface area contributed by atoms with Gasteiger partial charge in [0.15, 0.2) is 0 Å². The zero-order valence-electron chi connectivity index (χ0n) is 12.3. The minimum Gasteiger partial charge on any atom is -0.288 e. The standard InChI is InChI=1S/C16H14N4O2S/c1-11-15(12-6-5-7-13(10-12)16(21)18-22)17-19-20(11)23-14-8-3-2-4-9-14/h2-10,22H,1H3,(H,18,21). The molecule has 0 unspecified atom stereocenters. The second kappa shape index (κ2) is 6.64. The zero-order chi connectivity index (χ0) is 16.2. The van der Waals surface area contributed by atoms with Gasteiger partial charge in [0.25, 0.3) is 5.91 Å². The Bertz CT molecular complexity index is 833. The molecule has 0 aliphatic heterocycles. The van der Waals surface area contributed by atoms with Gasteiger partial charge in [-0.3, -0.25) is 10.0 Å². The van der Waals surface area contributed by atoms with Crippen molar-refractivity contribution in [3.05, 3.63) is 65.9 Å². The van der Waals surface area contributed by atoms with Crippen molar-refractivity contribution in [2.45, 2.75) is 11.8 Å². The molecule has 0 aliphatic carbocycles. The number of hydrogen-bond donors (Lipinski definition) is 2. The number of amides is 1. The van der Waals surface area contributed by atoms with Crippen LogP contribution in [0.4, 0.5) is 0 Å². The first-order chi connectivity index (χ1) is 11.2. The molecule has 1 heterocycles. The molecule has 1 amide bonds. The van der Waals surface area contributed by atoms with Crippen LogP contribution in [0.5, 0.6) is 0 Å². The van der Waals surface area contributed by atoms with E-state index in [0.29, 0.717) is 11.3 Å². The first-order valence-electron chi connectivity index (χ1n) is 6.89. The van der Waals surface area contributed by atoms with E-state index in [1.807, 2.05) is 43.3 Å². The van der Waals surface area contributed by atoms with Gasteiger partial charge < -0.3 is 0 Å². The third-order valence-electron chi connectivity index (χ3n) is 3.29. The highest BCUT2D eigenvalue weighted by Crippen LogP contribution is 2.26. The Morgan fingerprint density at radius 3 is 2.70 bits per heavy atom. The number of nitrogens with zero attached hydrogens (tertiary/aromatic N) is 3. The van der Waals surface area contributed by atoms with Crippen molar-refractivity contribution in [2.24, 2.45) is 0 Å². The second-order valence-corrected chi connectivity index (χ2v) is 5.82. The zero-order valence-corrected chi connectivity index (χ0v) is 13.1. The van der Waals surface area contributed by atoms with Gasteiger partial charge in [-0.25, -0.2) is 5.48 Å². The van der Waals surface area contributed by atoms with Gasteiger partial charge in [0.1, 0.15) is 5.69 Å². The van der Waals surface area contributed by atoms with E-state index in [0.717, 1.165) is 16.2 Å². The van der Waals surface area contributed by atoms with E-state index in [1.165, 1.54) is 11.9 Å². The highest BCUT2D eigenvalue weighted by Gasteiger charge is 2.13. The van der Waals surface area contributed by atoms with E-state index in [1.54, 1.807) is 27.8 Å². The van der Waals surface area contributed by atoms with Crippen LogP contribution in [0, 0.1) is 6.92 Å². The monoisotopic (exact) mass is 326 g/mol. The van der Waals surface area contributed by atoms with Crippen LogP contribution in [0.3, 0.4) is 0 Å². The van der Waals surface area contributed by atoms with E-state index in [2.05, 4.69) is 10.3 Å². The van der Waals surface area contributed by atoms with Crippen molar-refractivity contribution in [1.82, 2.24) is 19.9 Å². The highest BCUT2D eigenvalue weighted by molar-refractivity contribution is 7.97. The minimum atomic E-state index is -0.560. The summed E-state index contributed by atoms with van der Waals surface area (Å²) >= 11 is 1.47. The normalized spacial score (nSPS) is 10.5. The quantitative estimate of drug-likeness (QED) is 0.569. The Morgan fingerprint density at radius 1 is 1.17 bits per heavy atom. The minimum absolute atomic E-state index is 0.356. The summed E-state index contributed by atoms with van der Waals surface area (Å²) in [6.07, 6.45) is 0. The summed E-state index contributed by atoms with van der Waals surface area (Å²) in [5.74, 6) is -0.560. The summed E-state index contributed by atoms with van der Waals surface area (Å²) in [5.41, 5.74) is 4.32. The van der Waals surface area contributed by atoms with Gasteiger partial charge in [-0.2, -0.15) is 4.09 Å². The molecule has 7 heteroatoms.